The topological polar surface area (TPSA) is 66.6 Å². The number of nitrogens with zero attached hydrogens (tertiary/aromatic N) is 2. The van der Waals surface area contributed by atoms with Crippen molar-refractivity contribution < 1.29 is 9.59 Å². The van der Waals surface area contributed by atoms with E-state index < -0.39 is 0 Å². The van der Waals surface area contributed by atoms with E-state index in [-0.39, 0.29) is 17.7 Å². The molecule has 0 radical (unpaired) electrons. The van der Waals surface area contributed by atoms with Gasteiger partial charge < -0.3 is 10.6 Å². The zero-order valence-corrected chi connectivity index (χ0v) is 15.1. The molecule has 0 spiro atoms. The summed E-state index contributed by atoms with van der Waals surface area (Å²) in [5.41, 5.74) is 7.25. The van der Waals surface area contributed by atoms with Gasteiger partial charge in [0, 0.05) is 36.9 Å². The van der Waals surface area contributed by atoms with E-state index in [0.717, 1.165) is 37.8 Å². The van der Waals surface area contributed by atoms with E-state index in [9.17, 15) is 9.59 Å². The summed E-state index contributed by atoms with van der Waals surface area (Å²) in [5, 5.41) is 0.772. The Morgan fingerprint density at radius 1 is 1.26 bits per heavy atom. The number of carbonyl (C=O) groups excluding carboxylic acids is 2. The molecule has 126 valence electrons. The van der Waals surface area contributed by atoms with Gasteiger partial charge in [0.05, 0.1) is 0 Å². The number of hydrogen-bond donors (Lipinski definition) is 1. The van der Waals surface area contributed by atoms with Crippen LogP contribution in [0.15, 0.2) is 24.3 Å². The molecule has 6 heteroatoms. The first-order chi connectivity index (χ1) is 11.0. The molecule has 2 amide bonds. The zero-order chi connectivity index (χ0) is 16.8. The van der Waals surface area contributed by atoms with Gasteiger partial charge in [-0.25, -0.2) is 0 Å². The van der Waals surface area contributed by atoms with E-state index >= 15 is 0 Å². The second-order valence-corrected chi connectivity index (χ2v) is 6.86. The van der Waals surface area contributed by atoms with Gasteiger partial charge in [-0.05, 0) is 43.6 Å². The van der Waals surface area contributed by atoms with E-state index in [4.69, 9.17) is 5.73 Å². The van der Waals surface area contributed by atoms with Gasteiger partial charge in [0.25, 0.3) is 5.91 Å². The van der Waals surface area contributed by atoms with E-state index in [0.29, 0.717) is 12.1 Å². The van der Waals surface area contributed by atoms with Gasteiger partial charge in [-0.2, -0.15) is 0 Å². The van der Waals surface area contributed by atoms with Crippen molar-refractivity contribution >= 4 is 27.7 Å². The fourth-order valence-corrected chi connectivity index (χ4v) is 3.37. The van der Waals surface area contributed by atoms with Crippen LogP contribution in [0, 0.1) is 5.92 Å². The molecule has 1 aliphatic heterocycles. The molecule has 0 unspecified atom stereocenters. The number of alkyl halides is 1. The van der Waals surface area contributed by atoms with Crippen LogP contribution >= 0.6 is 15.9 Å². The molecule has 2 rings (SSSR count). The van der Waals surface area contributed by atoms with Crippen molar-refractivity contribution in [3.05, 3.63) is 35.4 Å². The standard InChI is InChI=1S/C17H24BrN3O2/c1-20(11-8-18)17(23)15-4-2-13(3-5-15)12-21-9-6-14(7-10-21)16(19)22/h2-5,14H,6-12H2,1H3,(H2,19,22). The minimum atomic E-state index is -0.180. The summed E-state index contributed by atoms with van der Waals surface area (Å²) in [6.45, 7) is 3.32. The number of halogens is 1. The number of likely N-dealkylation sites (tertiary alicyclic amines) is 1. The molecule has 1 aromatic rings. The van der Waals surface area contributed by atoms with Gasteiger partial charge in [-0.15, -0.1) is 0 Å². The fourth-order valence-electron chi connectivity index (χ4n) is 2.84. The van der Waals surface area contributed by atoms with Crippen LogP contribution in [-0.2, 0) is 11.3 Å². The number of rotatable bonds is 6. The summed E-state index contributed by atoms with van der Waals surface area (Å²) in [6.07, 6.45) is 1.67. The Morgan fingerprint density at radius 3 is 2.39 bits per heavy atom. The molecule has 0 aromatic heterocycles. The summed E-state index contributed by atoms with van der Waals surface area (Å²) < 4.78 is 0. The zero-order valence-electron chi connectivity index (χ0n) is 13.5. The quantitative estimate of drug-likeness (QED) is 0.764. The number of amides is 2. The third-order valence-electron chi connectivity index (χ3n) is 4.36. The number of hydrogen-bond acceptors (Lipinski definition) is 3. The van der Waals surface area contributed by atoms with Crippen LogP contribution in [0.25, 0.3) is 0 Å². The Balaban J connectivity index is 1.88. The number of primary amides is 1. The summed E-state index contributed by atoms with van der Waals surface area (Å²) in [4.78, 5) is 27.4. The monoisotopic (exact) mass is 381 g/mol. The van der Waals surface area contributed by atoms with Gasteiger partial charge >= 0.3 is 0 Å². The average Bonchev–Trinajstić information content (AvgIpc) is 2.55. The van der Waals surface area contributed by atoms with Crippen LogP contribution in [0.2, 0.25) is 0 Å². The third-order valence-corrected chi connectivity index (χ3v) is 4.72. The second kappa shape index (κ2) is 8.45. The highest BCUT2D eigenvalue weighted by atomic mass is 79.9. The molecular weight excluding hydrogens is 358 g/mol. The van der Waals surface area contributed by atoms with E-state index in [1.807, 2.05) is 24.3 Å². The van der Waals surface area contributed by atoms with Crippen molar-refractivity contribution in [3.8, 4) is 0 Å². The molecule has 2 N–H and O–H groups in total. The van der Waals surface area contributed by atoms with Crippen LogP contribution < -0.4 is 5.73 Å². The first-order valence-corrected chi connectivity index (χ1v) is 9.05. The fraction of sp³-hybridized carbons (Fsp3) is 0.529. The molecule has 0 atom stereocenters. The van der Waals surface area contributed by atoms with Gasteiger partial charge in [-0.1, -0.05) is 28.1 Å². The van der Waals surface area contributed by atoms with E-state index in [2.05, 4.69) is 20.8 Å². The van der Waals surface area contributed by atoms with Crippen molar-refractivity contribution in [1.82, 2.24) is 9.80 Å². The maximum absolute atomic E-state index is 12.2. The number of nitrogens with two attached hydrogens (primary N) is 1. The summed E-state index contributed by atoms with van der Waals surface area (Å²) >= 11 is 3.34. The smallest absolute Gasteiger partial charge is 0.253 e. The van der Waals surface area contributed by atoms with Gasteiger partial charge in [0.15, 0.2) is 0 Å². The Kier molecular flexibility index (Phi) is 6.59. The molecule has 23 heavy (non-hydrogen) atoms. The Hall–Kier alpha value is -1.40. The van der Waals surface area contributed by atoms with E-state index in [1.165, 1.54) is 5.56 Å². The molecule has 1 aliphatic rings. The highest BCUT2D eigenvalue weighted by molar-refractivity contribution is 9.09. The van der Waals surface area contributed by atoms with Gasteiger partial charge in [-0.3, -0.25) is 14.5 Å². The number of carbonyl (C=O) groups is 2. The molecule has 1 saturated heterocycles. The Labute approximate surface area is 145 Å². The molecule has 5 nitrogen and oxygen atoms in total. The normalized spacial score (nSPS) is 16.3. The lowest BCUT2D eigenvalue weighted by Crippen LogP contribution is -2.38. The van der Waals surface area contributed by atoms with Crippen molar-refractivity contribution in [2.75, 3.05) is 32.0 Å². The van der Waals surface area contributed by atoms with Crippen LogP contribution in [0.3, 0.4) is 0 Å². The van der Waals surface area contributed by atoms with Gasteiger partial charge in [0.2, 0.25) is 5.91 Å². The number of piperidine rings is 1. The lowest BCUT2D eigenvalue weighted by Gasteiger charge is -2.30. The predicted octanol–water partition coefficient (Wildman–Crippen LogP) is 1.85. The van der Waals surface area contributed by atoms with Crippen LogP contribution in [0.5, 0.6) is 0 Å². The summed E-state index contributed by atoms with van der Waals surface area (Å²) in [7, 11) is 1.81. The van der Waals surface area contributed by atoms with Gasteiger partial charge in [0.1, 0.15) is 0 Å². The molecular formula is C17H24BrN3O2. The summed E-state index contributed by atoms with van der Waals surface area (Å²) in [6, 6.07) is 7.79. The van der Waals surface area contributed by atoms with Crippen molar-refractivity contribution in [1.29, 1.82) is 0 Å². The van der Waals surface area contributed by atoms with Crippen molar-refractivity contribution in [2.45, 2.75) is 19.4 Å². The lowest BCUT2D eigenvalue weighted by molar-refractivity contribution is -0.123. The molecule has 1 aromatic carbocycles. The predicted molar refractivity (Wildman–Crippen MR) is 94.4 cm³/mol. The number of benzene rings is 1. The summed E-state index contributed by atoms with van der Waals surface area (Å²) in [5.74, 6) is -0.116. The van der Waals surface area contributed by atoms with Crippen LogP contribution in [0.1, 0.15) is 28.8 Å². The molecule has 0 aliphatic carbocycles. The molecule has 1 heterocycles. The van der Waals surface area contributed by atoms with E-state index in [1.54, 1.807) is 11.9 Å². The third kappa shape index (κ3) is 5.04. The Bertz CT molecular complexity index is 539. The maximum Gasteiger partial charge on any atom is 0.253 e. The molecule has 0 bridgehead atoms. The minimum absolute atomic E-state index is 0.0243. The van der Waals surface area contributed by atoms with Crippen LogP contribution in [-0.4, -0.2) is 53.6 Å². The second-order valence-electron chi connectivity index (χ2n) is 6.07. The van der Waals surface area contributed by atoms with Crippen LogP contribution in [0.4, 0.5) is 0 Å². The van der Waals surface area contributed by atoms with Crippen molar-refractivity contribution in [2.24, 2.45) is 11.7 Å². The highest BCUT2D eigenvalue weighted by Gasteiger charge is 2.23. The van der Waals surface area contributed by atoms with Crippen molar-refractivity contribution in [3.63, 3.8) is 0 Å². The first kappa shape index (κ1) is 17.9. The SMILES string of the molecule is CN(CCBr)C(=O)c1ccc(CN2CCC(C(N)=O)CC2)cc1. The average molecular weight is 382 g/mol. The Morgan fingerprint density at radius 2 is 1.87 bits per heavy atom. The minimum Gasteiger partial charge on any atom is -0.369 e. The lowest BCUT2D eigenvalue weighted by atomic mass is 9.96. The largest absolute Gasteiger partial charge is 0.369 e. The highest BCUT2D eigenvalue weighted by Crippen LogP contribution is 2.19. The molecule has 1 fully saturated rings. The maximum atomic E-state index is 12.2. The first-order valence-electron chi connectivity index (χ1n) is 7.93. The molecule has 0 saturated carbocycles.